The Bertz CT molecular complexity index is 811. The van der Waals surface area contributed by atoms with Crippen molar-refractivity contribution in [3.05, 3.63) is 63.7 Å². The third kappa shape index (κ3) is 2.82. The van der Waals surface area contributed by atoms with Crippen molar-refractivity contribution in [2.24, 2.45) is 0 Å². The van der Waals surface area contributed by atoms with E-state index in [2.05, 4.69) is 0 Å². The first-order chi connectivity index (χ1) is 11.5. The van der Waals surface area contributed by atoms with E-state index in [0.29, 0.717) is 18.6 Å². The fourth-order valence-corrected chi connectivity index (χ4v) is 2.73. The third-order valence-corrected chi connectivity index (χ3v) is 4.28. The lowest BCUT2D eigenvalue weighted by molar-refractivity contribution is -0.385. The van der Waals surface area contributed by atoms with E-state index in [1.807, 2.05) is 31.2 Å². The van der Waals surface area contributed by atoms with Crippen LogP contribution in [0.2, 0.25) is 0 Å². The highest BCUT2D eigenvalue weighted by atomic mass is 16.6. The standard InChI is InChI=1S/C18H17NO5/c1-12-4-3-5-13(10-12)18(8-9-18)17(20)24-16-7-6-14(23-2)11-15(16)19(21)22/h3-7,10-11H,8-9H2,1-2H3. The molecular weight excluding hydrogens is 310 g/mol. The number of esters is 1. The number of carbonyl (C=O) groups is 1. The van der Waals surface area contributed by atoms with Gasteiger partial charge in [0.2, 0.25) is 5.75 Å². The summed E-state index contributed by atoms with van der Waals surface area (Å²) in [5, 5.41) is 11.2. The minimum Gasteiger partial charge on any atom is -0.496 e. The number of nitro benzene ring substituents is 1. The molecule has 24 heavy (non-hydrogen) atoms. The van der Waals surface area contributed by atoms with Crippen LogP contribution in [0.15, 0.2) is 42.5 Å². The molecule has 0 amide bonds. The molecule has 0 heterocycles. The van der Waals surface area contributed by atoms with Crippen LogP contribution in [0.1, 0.15) is 24.0 Å². The van der Waals surface area contributed by atoms with Crippen molar-refractivity contribution in [3.8, 4) is 11.5 Å². The fraction of sp³-hybridized carbons (Fsp3) is 0.278. The molecule has 0 aromatic heterocycles. The maximum atomic E-state index is 12.7. The molecule has 0 saturated heterocycles. The maximum Gasteiger partial charge on any atom is 0.322 e. The predicted molar refractivity (Wildman–Crippen MR) is 87.4 cm³/mol. The summed E-state index contributed by atoms with van der Waals surface area (Å²) in [5.74, 6) is -0.188. The molecule has 6 heteroatoms. The van der Waals surface area contributed by atoms with Gasteiger partial charge in [0.25, 0.3) is 0 Å². The van der Waals surface area contributed by atoms with Crippen LogP contribution in [0.4, 0.5) is 5.69 Å². The van der Waals surface area contributed by atoms with Gasteiger partial charge in [-0.1, -0.05) is 29.8 Å². The zero-order chi connectivity index (χ0) is 17.3. The van der Waals surface area contributed by atoms with Crippen LogP contribution in [-0.2, 0) is 10.2 Å². The van der Waals surface area contributed by atoms with E-state index < -0.39 is 16.3 Å². The molecule has 0 N–H and O–H groups in total. The monoisotopic (exact) mass is 327 g/mol. The summed E-state index contributed by atoms with van der Waals surface area (Å²) < 4.78 is 10.4. The predicted octanol–water partition coefficient (Wildman–Crippen LogP) is 3.55. The summed E-state index contributed by atoms with van der Waals surface area (Å²) in [6, 6.07) is 11.9. The van der Waals surface area contributed by atoms with Crippen molar-refractivity contribution in [1.29, 1.82) is 0 Å². The molecule has 1 aliphatic carbocycles. The van der Waals surface area contributed by atoms with Gasteiger partial charge in [-0.25, -0.2) is 0 Å². The first kappa shape index (κ1) is 16.0. The van der Waals surface area contributed by atoms with Crippen molar-refractivity contribution in [2.75, 3.05) is 7.11 Å². The molecule has 124 valence electrons. The second-order valence-corrected chi connectivity index (χ2v) is 5.93. The first-order valence-electron chi connectivity index (χ1n) is 7.58. The maximum absolute atomic E-state index is 12.7. The van der Waals surface area contributed by atoms with Crippen molar-refractivity contribution in [1.82, 2.24) is 0 Å². The molecule has 1 saturated carbocycles. The van der Waals surface area contributed by atoms with Crippen LogP contribution in [0, 0.1) is 17.0 Å². The van der Waals surface area contributed by atoms with Crippen LogP contribution in [0.25, 0.3) is 0 Å². The van der Waals surface area contributed by atoms with E-state index >= 15 is 0 Å². The van der Waals surface area contributed by atoms with E-state index in [-0.39, 0.29) is 11.4 Å². The summed E-state index contributed by atoms with van der Waals surface area (Å²) in [6.07, 6.45) is 1.36. The van der Waals surface area contributed by atoms with Gasteiger partial charge in [-0.2, -0.15) is 0 Å². The molecule has 0 radical (unpaired) electrons. The van der Waals surface area contributed by atoms with Gasteiger partial charge in [-0.15, -0.1) is 0 Å². The van der Waals surface area contributed by atoms with E-state index in [1.165, 1.54) is 25.3 Å². The Balaban J connectivity index is 1.89. The van der Waals surface area contributed by atoms with Crippen molar-refractivity contribution >= 4 is 11.7 Å². The van der Waals surface area contributed by atoms with E-state index in [4.69, 9.17) is 9.47 Å². The number of hydrogen-bond acceptors (Lipinski definition) is 5. The minimum absolute atomic E-state index is 0.0651. The zero-order valence-corrected chi connectivity index (χ0v) is 13.4. The summed E-state index contributed by atoms with van der Waals surface area (Å²) in [6.45, 7) is 1.96. The number of nitrogens with zero attached hydrogens (tertiary/aromatic N) is 1. The van der Waals surface area contributed by atoms with Gasteiger partial charge < -0.3 is 9.47 Å². The van der Waals surface area contributed by atoms with Crippen LogP contribution >= 0.6 is 0 Å². The Morgan fingerprint density at radius 2 is 1.96 bits per heavy atom. The number of rotatable bonds is 5. The number of aryl methyl sites for hydroxylation is 1. The molecule has 2 aromatic rings. The molecule has 0 unspecified atom stereocenters. The molecule has 0 spiro atoms. The fourth-order valence-electron chi connectivity index (χ4n) is 2.73. The Morgan fingerprint density at radius 1 is 1.21 bits per heavy atom. The van der Waals surface area contributed by atoms with Gasteiger partial charge in [0.15, 0.2) is 0 Å². The molecule has 2 aromatic carbocycles. The Labute approximate surface area is 139 Å². The van der Waals surface area contributed by atoms with Gasteiger partial charge in [-0.05, 0) is 37.5 Å². The third-order valence-electron chi connectivity index (χ3n) is 4.28. The smallest absolute Gasteiger partial charge is 0.322 e. The molecule has 1 aliphatic rings. The van der Waals surface area contributed by atoms with Crippen LogP contribution in [0.5, 0.6) is 11.5 Å². The summed E-state index contributed by atoms with van der Waals surface area (Å²) in [7, 11) is 1.42. The average molecular weight is 327 g/mol. The largest absolute Gasteiger partial charge is 0.496 e. The number of carbonyl (C=O) groups excluding carboxylic acids is 1. The SMILES string of the molecule is COc1ccc(OC(=O)C2(c3cccc(C)c3)CC2)c([N+](=O)[O-])c1. The second kappa shape index (κ2) is 5.96. The Hall–Kier alpha value is -2.89. The number of ether oxygens (including phenoxy) is 2. The van der Waals surface area contributed by atoms with Crippen LogP contribution in [-0.4, -0.2) is 18.0 Å². The molecule has 0 atom stereocenters. The van der Waals surface area contributed by atoms with E-state index in [9.17, 15) is 14.9 Å². The van der Waals surface area contributed by atoms with Gasteiger partial charge in [0.05, 0.1) is 23.5 Å². The zero-order valence-electron chi connectivity index (χ0n) is 13.4. The molecule has 3 rings (SSSR count). The molecule has 1 fully saturated rings. The number of methoxy groups -OCH3 is 1. The topological polar surface area (TPSA) is 78.7 Å². The van der Waals surface area contributed by atoms with E-state index in [0.717, 1.165) is 11.1 Å². The van der Waals surface area contributed by atoms with Crippen molar-refractivity contribution < 1.29 is 19.2 Å². The number of hydrogen-bond donors (Lipinski definition) is 0. The van der Waals surface area contributed by atoms with Crippen molar-refractivity contribution in [3.63, 3.8) is 0 Å². The second-order valence-electron chi connectivity index (χ2n) is 5.93. The highest BCUT2D eigenvalue weighted by molar-refractivity contribution is 5.89. The summed E-state index contributed by atoms with van der Waals surface area (Å²) in [5.41, 5.74) is 0.966. The molecule has 6 nitrogen and oxygen atoms in total. The van der Waals surface area contributed by atoms with Crippen molar-refractivity contribution in [2.45, 2.75) is 25.2 Å². The van der Waals surface area contributed by atoms with Gasteiger partial charge >= 0.3 is 11.7 Å². The molecule has 0 bridgehead atoms. The van der Waals surface area contributed by atoms with Gasteiger partial charge in [0.1, 0.15) is 5.75 Å². The van der Waals surface area contributed by atoms with Gasteiger partial charge in [-0.3, -0.25) is 14.9 Å². The summed E-state index contributed by atoms with van der Waals surface area (Å²) in [4.78, 5) is 23.3. The van der Waals surface area contributed by atoms with Crippen LogP contribution < -0.4 is 9.47 Å². The number of nitro groups is 1. The highest BCUT2D eigenvalue weighted by Crippen LogP contribution is 2.50. The molecular formula is C18H17NO5. The van der Waals surface area contributed by atoms with Crippen LogP contribution in [0.3, 0.4) is 0 Å². The first-order valence-corrected chi connectivity index (χ1v) is 7.58. The Morgan fingerprint density at radius 3 is 2.54 bits per heavy atom. The highest BCUT2D eigenvalue weighted by Gasteiger charge is 2.53. The Kier molecular flexibility index (Phi) is 3.97. The molecule has 0 aliphatic heterocycles. The van der Waals surface area contributed by atoms with Gasteiger partial charge in [0, 0.05) is 0 Å². The summed E-state index contributed by atoms with van der Waals surface area (Å²) >= 11 is 0. The number of benzene rings is 2. The normalized spacial score (nSPS) is 14.8. The van der Waals surface area contributed by atoms with E-state index in [1.54, 1.807) is 0 Å². The lowest BCUT2D eigenvalue weighted by atomic mass is 9.95. The average Bonchev–Trinajstić information content (AvgIpc) is 3.37. The lowest BCUT2D eigenvalue weighted by Crippen LogP contribution is -2.26. The lowest BCUT2D eigenvalue weighted by Gasteiger charge is -2.15. The quantitative estimate of drug-likeness (QED) is 0.363. The minimum atomic E-state index is -0.695.